The third-order valence-electron chi connectivity index (χ3n) is 10.6. The number of halogens is 14. The zero-order valence-corrected chi connectivity index (χ0v) is 40.2. The Balaban J connectivity index is 0.000000387. The number of imide groups is 1. The van der Waals surface area contributed by atoms with E-state index >= 15 is 0 Å². The number of sulfone groups is 2. The highest BCUT2D eigenvalue weighted by Crippen LogP contribution is 2.55. The van der Waals surface area contributed by atoms with Crippen molar-refractivity contribution in [3.63, 3.8) is 0 Å². The molecule has 28 heteroatoms. The summed E-state index contributed by atoms with van der Waals surface area (Å²) in [6, 6.07) is 8.29. The number of anilines is 1. The first-order valence-electron chi connectivity index (χ1n) is 20.3. The minimum absolute atomic E-state index is 0.00477. The fourth-order valence-corrected chi connectivity index (χ4v) is 9.10. The van der Waals surface area contributed by atoms with Crippen molar-refractivity contribution in [3.05, 3.63) is 123 Å². The molecular weight excluding hydrogens is 1060 g/mol. The van der Waals surface area contributed by atoms with Crippen LogP contribution in [0.15, 0.2) is 82.6 Å². The molecule has 0 saturated heterocycles. The third-order valence-corrected chi connectivity index (χ3v) is 14.2. The molecule has 0 aliphatic carbocycles. The molecule has 2 amide bonds. The number of Topliss-reactive ketones (excluding diaryl/α,β-unsaturated/α-hetero) is 1. The molecular formula is C45H39F14NO11S2. The molecule has 0 atom stereocenters. The normalized spacial score (nSPS) is 12.8. The van der Waals surface area contributed by atoms with Crippen molar-refractivity contribution >= 4 is 54.9 Å². The summed E-state index contributed by atoms with van der Waals surface area (Å²) in [5.41, 5.74) is -19.1. The highest BCUT2D eigenvalue weighted by atomic mass is 32.2. The van der Waals surface area contributed by atoms with Crippen LogP contribution in [-0.2, 0) is 51.7 Å². The second-order valence-corrected chi connectivity index (χ2v) is 20.0. The number of nitrogens with zero attached hydrogens (tertiary/aromatic N) is 1. The van der Waals surface area contributed by atoms with E-state index in [2.05, 4.69) is 9.47 Å². The van der Waals surface area contributed by atoms with Gasteiger partial charge in [-0.1, -0.05) is 44.2 Å². The summed E-state index contributed by atoms with van der Waals surface area (Å²) in [6.07, 6.45) is -26.6. The molecule has 0 unspecified atom stereocenters. The molecule has 4 aromatic carbocycles. The number of hydrogen-bond donors (Lipinski definition) is 0. The number of esters is 2. The van der Waals surface area contributed by atoms with Crippen LogP contribution in [0.3, 0.4) is 0 Å². The maximum absolute atomic E-state index is 14.6. The number of hydrogen-bond acceptors (Lipinski definition) is 11. The molecule has 4 rings (SSSR count). The van der Waals surface area contributed by atoms with Crippen molar-refractivity contribution in [3.8, 4) is 0 Å². The van der Waals surface area contributed by atoms with Crippen molar-refractivity contribution in [1.82, 2.24) is 0 Å². The molecule has 73 heavy (non-hydrogen) atoms. The summed E-state index contributed by atoms with van der Waals surface area (Å²) in [7, 11) is -6.49. The number of methoxy groups -OCH3 is 2. The minimum atomic E-state index is -6.51. The largest absolute Gasteiger partial charge is 0.465 e. The fourth-order valence-electron chi connectivity index (χ4n) is 6.74. The van der Waals surface area contributed by atoms with E-state index in [-0.39, 0.29) is 45.4 Å². The molecule has 0 aliphatic heterocycles. The Morgan fingerprint density at radius 3 is 1.26 bits per heavy atom. The Bertz CT molecular complexity index is 3010. The summed E-state index contributed by atoms with van der Waals surface area (Å²) in [6.45, 7) is 6.45. The van der Waals surface area contributed by atoms with Crippen LogP contribution in [0.5, 0.6) is 0 Å². The van der Waals surface area contributed by atoms with Crippen LogP contribution in [0.4, 0.5) is 67.2 Å². The zero-order chi connectivity index (χ0) is 56.4. The first kappa shape index (κ1) is 60.9. The van der Waals surface area contributed by atoms with E-state index < -0.39 is 141 Å². The van der Waals surface area contributed by atoms with Gasteiger partial charge in [0.1, 0.15) is 0 Å². The van der Waals surface area contributed by atoms with Crippen molar-refractivity contribution in [2.75, 3.05) is 30.6 Å². The quantitative estimate of drug-likeness (QED) is 0.0708. The van der Waals surface area contributed by atoms with Crippen molar-refractivity contribution in [1.29, 1.82) is 0 Å². The summed E-state index contributed by atoms with van der Waals surface area (Å²) in [5.74, 6) is -7.33. The molecule has 4 aromatic rings. The van der Waals surface area contributed by atoms with Crippen molar-refractivity contribution in [2.45, 2.75) is 86.9 Å². The summed E-state index contributed by atoms with van der Waals surface area (Å²) in [5, 5.41) is 0. The maximum Gasteiger partial charge on any atom is 0.435 e. The second kappa shape index (κ2) is 21.6. The minimum Gasteiger partial charge on any atom is -0.465 e. The molecule has 0 heterocycles. The van der Waals surface area contributed by atoms with Crippen LogP contribution in [0.1, 0.15) is 90.0 Å². The number of benzene rings is 4. The van der Waals surface area contributed by atoms with Crippen molar-refractivity contribution in [2.24, 2.45) is 0 Å². The maximum atomic E-state index is 14.6. The molecule has 0 N–H and O–H groups in total. The van der Waals surface area contributed by atoms with Crippen LogP contribution in [0.2, 0.25) is 0 Å². The summed E-state index contributed by atoms with van der Waals surface area (Å²) < 4.78 is 246. The Hall–Kier alpha value is -6.45. The molecule has 0 radical (unpaired) electrons. The molecule has 12 nitrogen and oxygen atoms in total. The average molecular weight is 1100 g/mol. The lowest BCUT2D eigenvalue weighted by atomic mass is 9.89. The molecule has 0 spiro atoms. The Morgan fingerprint density at radius 2 is 0.877 bits per heavy atom. The lowest BCUT2D eigenvalue weighted by molar-refractivity contribution is -0.349. The van der Waals surface area contributed by atoms with Gasteiger partial charge in [-0.2, -0.15) is 52.7 Å². The van der Waals surface area contributed by atoms with E-state index in [1.807, 2.05) is 0 Å². The lowest BCUT2D eigenvalue weighted by Crippen LogP contribution is -2.50. The number of alkyl halides is 14. The lowest BCUT2D eigenvalue weighted by Gasteiger charge is -2.31. The van der Waals surface area contributed by atoms with E-state index in [1.54, 1.807) is 6.92 Å². The average Bonchev–Trinajstić information content (AvgIpc) is 3.29. The van der Waals surface area contributed by atoms with Crippen LogP contribution in [-0.4, -0.2) is 96.8 Å². The van der Waals surface area contributed by atoms with Gasteiger partial charge in [-0.05, 0) is 73.0 Å². The summed E-state index contributed by atoms with van der Waals surface area (Å²) >= 11 is 0. The molecule has 0 saturated carbocycles. The van der Waals surface area contributed by atoms with Gasteiger partial charge < -0.3 is 9.47 Å². The van der Waals surface area contributed by atoms with Gasteiger partial charge in [0.05, 0.1) is 57.9 Å². The molecule has 400 valence electrons. The molecule has 0 fully saturated rings. The zero-order valence-electron chi connectivity index (χ0n) is 38.6. The Morgan fingerprint density at radius 1 is 0.507 bits per heavy atom. The SMILES string of the molecule is CCS(=O)(=O)c1cc(C)ccc1C(=O)Cc1ccc(C(F)(C(F)(F)F)C(F)(F)F)cc1C(=O)OC.CCS(=O)(=O)c1cc(C)ccc1C(=O)N(C(C)=O)c1ccc(C(F)(C(F)(F)F)C(F)(F)F)cc1C(=O)OC. The smallest absolute Gasteiger partial charge is 0.435 e. The predicted molar refractivity (Wildman–Crippen MR) is 229 cm³/mol. The van der Waals surface area contributed by atoms with Gasteiger partial charge in [0, 0.05) is 30.0 Å². The van der Waals surface area contributed by atoms with Crippen molar-refractivity contribution < 1.29 is 112 Å². The number of carbonyl (C=O) groups is 5. The Labute approximate surface area is 406 Å². The topological polar surface area (TPSA) is 175 Å². The van der Waals surface area contributed by atoms with Gasteiger partial charge in [0.25, 0.3) is 5.91 Å². The number of amides is 2. The van der Waals surface area contributed by atoms with Gasteiger partial charge in [0.2, 0.25) is 5.91 Å². The molecule has 0 aliphatic rings. The van der Waals surface area contributed by atoms with Crippen LogP contribution < -0.4 is 4.90 Å². The number of rotatable bonds is 13. The standard InChI is InChI=1S/C23H20F7NO6S.C22H19F7O5S/c1-5-38(35,36)18-10-12(2)6-8-15(18)19(33)31(13(3)32)17-9-7-14(11-16(17)20(34)37-4)21(24,22(25,26)27)23(28,29)30;1-4-35(32,33)18-9-12(2)5-8-15(18)17(30)10-13-6-7-14(11-16(13)19(31)34-3)20(23,21(24,25)26)22(27,28)29/h6-11H,5H2,1-4H3;5-9,11H,4,10H2,1-3H3. The van der Waals surface area contributed by atoms with Crippen LogP contribution >= 0.6 is 0 Å². The first-order valence-corrected chi connectivity index (χ1v) is 23.6. The van der Waals surface area contributed by atoms with E-state index in [0.717, 1.165) is 26.2 Å². The van der Waals surface area contributed by atoms with Gasteiger partial charge in [-0.25, -0.2) is 40.1 Å². The van der Waals surface area contributed by atoms with Gasteiger partial charge in [-0.15, -0.1) is 0 Å². The first-order chi connectivity index (χ1) is 33.1. The highest BCUT2D eigenvalue weighted by molar-refractivity contribution is 7.91. The Kier molecular flexibility index (Phi) is 18.0. The fraction of sp³-hybridized carbons (Fsp3) is 0.356. The van der Waals surface area contributed by atoms with Gasteiger partial charge in [0.15, 0.2) is 25.5 Å². The van der Waals surface area contributed by atoms with E-state index in [1.165, 1.54) is 45.0 Å². The van der Waals surface area contributed by atoms with E-state index in [9.17, 15) is 102 Å². The number of ether oxygens (including phenoxy) is 2. The number of aryl methyl sites for hydroxylation is 2. The summed E-state index contributed by atoms with van der Waals surface area (Å²) in [4.78, 5) is 62.6. The molecule has 0 bridgehead atoms. The monoisotopic (exact) mass is 1100 g/mol. The van der Waals surface area contributed by atoms with Crippen LogP contribution in [0, 0.1) is 13.8 Å². The van der Waals surface area contributed by atoms with Gasteiger partial charge in [-0.3, -0.25) is 14.4 Å². The highest BCUT2D eigenvalue weighted by Gasteiger charge is 2.74. The third kappa shape index (κ3) is 12.2. The van der Waals surface area contributed by atoms with E-state index in [4.69, 9.17) is 0 Å². The van der Waals surface area contributed by atoms with Crippen LogP contribution in [0.25, 0.3) is 0 Å². The number of carbonyl (C=O) groups excluding carboxylic acids is 5. The predicted octanol–water partition coefficient (Wildman–Crippen LogP) is 10.3. The molecule has 0 aromatic heterocycles. The number of ketones is 1. The second-order valence-electron chi connectivity index (χ2n) is 15.5. The van der Waals surface area contributed by atoms with Gasteiger partial charge >= 0.3 is 48.0 Å². The van der Waals surface area contributed by atoms with E-state index in [0.29, 0.717) is 30.4 Å².